The first-order chi connectivity index (χ1) is 11.7. The predicted molar refractivity (Wildman–Crippen MR) is 89.3 cm³/mol. The number of amides is 2. The zero-order chi connectivity index (χ0) is 18.4. The number of aliphatic hydroxyl groups is 1. The molecule has 0 aromatic carbocycles. The number of nitriles is 1. The van der Waals surface area contributed by atoms with Gasteiger partial charge in [0.05, 0.1) is 12.7 Å². The van der Waals surface area contributed by atoms with E-state index in [0.717, 1.165) is 12.8 Å². The number of nitrogens with one attached hydrogen (secondary N) is 1. The van der Waals surface area contributed by atoms with Crippen LogP contribution in [0.1, 0.15) is 52.9 Å². The lowest BCUT2D eigenvalue weighted by Gasteiger charge is -2.47. The second-order valence-corrected chi connectivity index (χ2v) is 8.64. The molecule has 4 atom stereocenters. The summed E-state index contributed by atoms with van der Waals surface area (Å²) in [6, 6.07) is 1.03. The van der Waals surface area contributed by atoms with Crippen LogP contribution in [0.2, 0.25) is 0 Å². The molecule has 1 aliphatic heterocycles. The van der Waals surface area contributed by atoms with E-state index >= 15 is 0 Å². The predicted octanol–water partition coefficient (Wildman–Crippen LogP) is 1.56. The van der Waals surface area contributed by atoms with Crippen molar-refractivity contribution in [3.63, 3.8) is 0 Å². The number of rotatable bonds is 4. The van der Waals surface area contributed by atoms with Crippen molar-refractivity contribution in [2.45, 2.75) is 76.6 Å². The third-order valence-electron chi connectivity index (χ3n) is 5.69. The molecule has 1 saturated heterocycles. The second kappa shape index (κ2) is 6.17. The lowest BCUT2D eigenvalue weighted by molar-refractivity contribution is -0.142. The minimum absolute atomic E-state index is 0.107. The monoisotopic (exact) mass is 349 g/mol. The lowest BCUT2D eigenvalue weighted by Crippen LogP contribution is -2.62. The summed E-state index contributed by atoms with van der Waals surface area (Å²) in [7, 11) is 0. The largest absolute Gasteiger partial charge is 0.444 e. The molecule has 3 aliphatic rings. The number of fused-ring (bicyclic) bond motifs is 1. The smallest absolute Gasteiger partial charge is 0.408 e. The number of carbonyl (C=O) groups is 2. The van der Waals surface area contributed by atoms with Crippen LogP contribution in [0.25, 0.3) is 0 Å². The molecule has 2 saturated carbocycles. The Balaban J connectivity index is 1.80. The number of carbonyl (C=O) groups excluding carboxylic acids is 2. The molecule has 2 aliphatic carbocycles. The Morgan fingerprint density at radius 3 is 2.56 bits per heavy atom. The molecule has 138 valence electrons. The minimum Gasteiger partial charge on any atom is -0.444 e. The Hall–Kier alpha value is -1.81. The van der Waals surface area contributed by atoms with Crippen molar-refractivity contribution in [3.8, 4) is 6.07 Å². The van der Waals surface area contributed by atoms with Gasteiger partial charge in [-0.1, -0.05) is 6.42 Å². The maximum atomic E-state index is 13.2. The highest BCUT2D eigenvalue weighted by molar-refractivity contribution is 5.88. The van der Waals surface area contributed by atoms with Crippen molar-refractivity contribution in [1.29, 1.82) is 5.26 Å². The Labute approximate surface area is 148 Å². The van der Waals surface area contributed by atoms with E-state index in [1.54, 1.807) is 25.7 Å². The van der Waals surface area contributed by atoms with E-state index in [9.17, 15) is 20.0 Å². The Morgan fingerprint density at radius 2 is 2.08 bits per heavy atom. The summed E-state index contributed by atoms with van der Waals surface area (Å²) in [5.74, 6) is 0.151. The van der Waals surface area contributed by atoms with E-state index in [2.05, 4.69) is 11.4 Å². The van der Waals surface area contributed by atoms with Crippen LogP contribution in [0.3, 0.4) is 0 Å². The summed E-state index contributed by atoms with van der Waals surface area (Å²) in [6.07, 6.45) is 3.23. The first-order valence-electron chi connectivity index (χ1n) is 9.03. The van der Waals surface area contributed by atoms with E-state index < -0.39 is 29.2 Å². The highest BCUT2D eigenvalue weighted by atomic mass is 16.6. The molecular formula is C18H27N3O4. The molecule has 0 bridgehead atoms. The van der Waals surface area contributed by atoms with Crippen molar-refractivity contribution in [3.05, 3.63) is 0 Å². The Morgan fingerprint density at radius 1 is 1.40 bits per heavy atom. The van der Waals surface area contributed by atoms with Gasteiger partial charge in [0.1, 0.15) is 17.7 Å². The van der Waals surface area contributed by atoms with E-state index in [0.29, 0.717) is 25.2 Å². The molecular weight excluding hydrogens is 322 g/mol. The number of hydrogen-bond acceptors (Lipinski definition) is 5. The molecule has 0 spiro atoms. The maximum Gasteiger partial charge on any atom is 0.408 e. The molecule has 3 fully saturated rings. The molecule has 2 amide bonds. The quantitative estimate of drug-likeness (QED) is 0.802. The molecule has 1 heterocycles. The van der Waals surface area contributed by atoms with Crippen molar-refractivity contribution in [2.24, 2.45) is 11.3 Å². The third-order valence-corrected chi connectivity index (χ3v) is 5.69. The summed E-state index contributed by atoms with van der Waals surface area (Å²) in [5, 5.41) is 22.0. The van der Waals surface area contributed by atoms with Gasteiger partial charge in [-0.05, 0) is 52.4 Å². The zero-order valence-electron chi connectivity index (χ0n) is 15.1. The van der Waals surface area contributed by atoms with Crippen LogP contribution in [-0.2, 0) is 9.53 Å². The van der Waals surface area contributed by atoms with E-state index in [4.69, 9.17) is 4.74 Å². The van der Waals surface area contributed by atoms with Crippen LogP contribution in [0.15, 0.2) is 0 Å². The number of hydrogen-bond donors (Lipinski definition) is 2. The number of piperidine rings is 1. The molecule has 0 aromatic rings. The van der Waals surface area contributed by atoms with Crippen LogP contribution >= 0.6 is 0 Å². The molecule has 0 radical (unpaired) electrons. The number of likely N-dealkylation sites (tertiary alicyclic amines) is 1. The summed E-state index contributed by atoms with van der Waals surface area (Å²) in [6.45, 7) is 5.11. The average molecular weight is 349 g/mol. The first kappa shape index (κ1) is 18.0. The van der Waals surface area contributed by atoms with E-state index in [-0.39, 0.29) is 18.6 Å². The summed E-state index contributed by atoms with van der Waals surface area (Å²) in [5.41, 5.74) is -1.32. The fourth-order valence-electron chi connectivity index (χ4n) is 4.11. The molecule has 7 nitrogen and oxygen atoms in total. The van der Waals surface area contributed by atoms with Gasteiger partial charge in [-0.3, -0.25) is 4.79 Å². The molecule has 25 heavy (non-hydrogen) atoms. The number of aliphatic hydroxyl groups excluding tert-OH is 1. The fraction of sp³-hybridized carbons (Fsp3) is 0.833. The number of ether oxygens (including phenoxy) is 1. The average Bonchev–Trinajstić information content (AvgIpc) is 3.13. The van der Waals surface area contributed by atoms with Gasteiger partial charge in [-0.2, -0.15) is 5.26 Å². The standard InChI is InChI=1S/C18H27N3O4/c1-17(2,3)25-16(24)20-14(18(10-22)5-4-6-18)15(23)21-12(9-19)7-11-8-13(11)21/h11-14,22H,4-8,10H2,1-3H3,(H,20,24)/t11-,12?,13?,14?/m1/s1. The SMILES string of the molecule is CC(C)(C)OC(=O)NC(C(=O)N1C(C#N)C[C@@H]2CC21)C1(CO)CCC1. The van der Waals surface area contributed by atoms with E-state index in [1.807, 2.05) is 0 Å². The number of alkyl carbamates (subject to hydrolysis) is 1. The topological polar surface area (TPSA) is 103 Å². The molecule has 0 aromatic heterocycles. The van der Waals surface area contributed by atoms with Crippen molar-refractivity contribution >= 4 is 12.0 Å². The van der Waals surface area contributed by atoms with Gasteiger partial charge < -0.3 is 20.1 Å². The van der Waals surface area contributed by atoms with Crippen molar-refractivity contribution < 1.29 is 19.4 Å². The zero-order valence-corrected chi connectivity index (χ0v) is 15.1. The van der Waals surface area contributed by atoms with Gasteiger partial charge >= 0.3 is 6.09 Å². The lowest BCUT2D eigenvalue weighted by atomic mass is 9.64. The van der Waals surface area contributed by atoms with Gasteiger partial charge in [0.15, 0.2) is 0 Å². The highest BCUT2D eigenvalue weighted by Crippen LogP contribution is 2.50. The third kappa shape index (κ3) is 3.32. The van der Waals surface area contributed by atoms with Crippen molar-refractivity contribution in [2.75, 3.05) is 6.61 Å². The minimum atomic E-state index is -0.851. The Bertz CT molecular complexity index is 597. The van der Waals surface area contributed by atoms with Crippen molar-refractivity contribution in [1.82, 2.24) is 10.2 Å². The highest BCUT2D eigenvalue weighted by Gasteiger charge is 2.58. The molecule has 3 unspecified atom stereocenters. The Kier molecular flexibility index (Phi) is 4.44. The van der Waals surface area contributed by atoms with E-state index in [1.165, 1.54) is 0 Å². The van der Waals surface area contributed by atoms with Crippen LogP contribution in [0.4, 0.5) is 4.79 Å². The fourth-order valence-corrected chi connectivity index (χ4v) is 4.11. The molecule has 3 rings (SSSR count). The summed E-state index contributed by atoms with van der Waals surface area (Å²) in [4.78, 5) is 27.2. The number of nitrogens with zero attached hydrogens (tertiary/aromatic N) is 2. The van der Waals surface area contributed by atoms with Gasteiger partial charge in [0, 0.05) is 11.5 Å². The summed E-state index contributed by atoms with van der Waals surface area (Å²) < 4.78 is 5.31. The maximum absolute atomic E-state index is 13.2. The van der Waals surface area contributed by atoms with Gasteiger partial charge in [-0.25, -0.2) is 4.79 Å². The van der Waals surface area contributed by atoms with Crippen LogP contribution in [0, 0.1) is 22.7 Å². The molecule has 7 heteroatoms. The second-order valence-electron chi connectivity index (χ2n) is 8.64. The van der Waals surface area contributed by atoms with Gasteiger partial charge in [0.25, 0.3) is 0 Å². The van der Waals surface area contributed by atoms with Gasteiger partial charge in [-0.15, -0.1) is 0 Å². The summed E-state index contributed by atoms with van der Waals surface area (Å²) >= 11 is 0. The normalized spacial score (nSPS) is 30.5. The van der Waals surface area contributed by atoms with Gasteiger partial charge in [0.2, 0.25) is 5.91 Å². The molecule has 2 N–H and O–H groups in total. The van der Waals surface area contributed by atoms with Crippen LogP contribution in [0.5, 0.6) is 0 Å². The van der Waals surface area contributed by atoms with Crippen LogP contribution in [-0.4, -0.2) is 52.3 Å². The van der Waals surface area contributed by atoms with Crippen LogP contribution < -0.4 is 5.32 Å². The first-order valence-corrected chi connectivity index (χ1v) is 9.03.